The van der Waals surface area contributed by atoms with E-state index < -0.39 is 8.80 Å². The minimum absolute atomic E-state index is 0.0333. The summed E-state index contributed by atoms with van der Waals surface area (Å²) in [6, 6.07) is 0. The third kappa shape index (κ3) is 5.30. The lowest BCUT2D eigenvalue weighted by Crippen LogP contribution is -2.65. The number of carbonyl (C=O) groups excluding carboxylic acids is 1. The van der Waals surface area contributed by atoms with Crippen LogP contribution in [-0.2, 0) is 9.53 Å². The molecule has 0 bridgehead atoms. The van der Waals surface area contributed by atoms with E-state index in [0.717, 1.165) is 26.2 Å². The summed E-state index contributed by atoms with van der Waals surface area (Å²) in [6.07, 6.45) is 0. The molecule has 0 aromatic carbocycles. The summed E-state index contributed by atoms with van der Waals surface area (Å²) in [5.74, 6) is 0.549. The normalized spacial score (nSPS) is 22.6. The van der Waals surface area contributed by atoms with Crippen LogP contribution in [0.5, 0.6) is 0 Å². The fraction of sp³-hybridized carbons (Fsp3) is 0.944. The molecule has 0 saturated carbocycles. The van der Waals surface area contributed by atoms with Crippen LogP contribution < -0.4 is 0 Å². The molecule has 0 radical (unpaired) electrons. The third-order valence-corrected chi connectivity index (χ3v) is 7.76. The van der Waals surface area contributed by atoms with E-state index >= 15 is 0 Å². The van der Waals surface area contributed by atoms with Crippen molar-refractivity contribution < 1.29 is 9.53 Å². The van der Waals surface area contributed by atoms with E-state index in [1.807, 2.05) is 13.8 Å². The van der Waals surface area contributed by atoms with Gasteiger partial charge in [0.05, 0.1) is 21.3 Å². The highest BCUT2D eigenvalue weighted by Gasteiger charge is 2.40. The van der Waals surface area contributed by atoms with Crippen molar-refractivity contribution >= 4 is 14.8 Å². The zero-order chi connectivity index (χ0) is 17.8. The monoisotopic (exact) mass is 342 g/mol. The van der Waals surface area contributed by atoms with Crippen molar-refractivity contribution in [3.8, 4) is 0 Å². The zero-order valence-electron chi connectivity index (χ0n) is 16.6. The quantitative estimate of drug-likeness (QED) is 0.526. The molecule has 1 fully saturated rings. The van der Waals surface area contributed by atoms with Gasteiger partial charge in [0.25, 0.3) is 0 Å². The van der Waals surface area contributed by atoms with Gasteiger partial charge in [-0.05, 0) is 26.7 Å². The molecular weight excluding hydrogens is 304 g/mol. The molecule has 0 aromatic rings. The summed E-state index contributed by atoms with van der Waals surface area (Å²) in [6.45, 7) is 22.8. The van der Waals surface area contributed by atoms with Crippen LogP contribution in [0.2, 0.25) is 13.1 Å². The van der Waals surface area contributed by atoms with Gasteiger partial charge in [0.2, 0.25) is 0 Å². The SMILES string of the molecule is CCOC(=O)C(C)CN1CCN(C(C)(C)C(C)C)C([SiH](C)C)C1. The molecule has 1 aliphatic heterocycles. The Labute approximate surface area is 145 Å². The molecule has 2 atom stereocenters. The number of hydrogen-bond donors (Lipinski definition) is 0. The lowest BCUT2D eigenvalue weighted by molar-refractivity contribution is -0.148. The van der Waals surface area contributed by atoms with Crippen LogP contribution in [-0.4, -0.2) is 68.6 Å². The van der Waals surface area contributed by atoms with E-state index in [1.54, 1.807) is 0 Å². The summed E-state index contributed by atoms with van der Waals surface area (Å²) in [7, 11) is -0.804. The average molecular weight is 343 g/mol. The first-order valence-electron chi connectivity index (χ1n) is 9.26. The van der Waals surface area contributed by atoms with Gasteiger partial charge in [-0.25, -0.2) is 0 Å². The van der Waals surface area contributed by atoms with Crippen LogP contribution in [0.25, 0.3) is 0 Å². The maximum Gasteiger partial charge on any atom is 0.309 e. The Morgan fingerprint density at radius 3 is 2.35 bits per heavy atom. The molecule has 0 amide bonds. The van der Waals surface area contributed by atoms with Gasteiger partial charge in [-0.1, -0.05) is 33.9 Å². The summed E-state index contributed by atoms with van der Waals surface area (Å²) < 4.78 is 5.16. The Hall–Kier alpha value is -0.393. The topological polar surface area (TPSA) is 32.8 Å². The van der Waals surface area contributed by atoms with Gasteiger partial charge in [-0.3, -0.25) is 14.6 Å². The third-order valence-electron chi connectivity index (χ3n) is 5.65. The Balaban J connectivity index is 2.74. The highest BCUT2D eigenvalue weighted by atomic mass is 28.3. The van der Waals surface area contributed by atoms with E-state index in [4.69, 9.17) is 4.74 Å². The van der Waals surface area contributed by atoms with Gasteiger partial charge in [-0.15, -0.1) is 0 Å². The smallest absolute Gasteiger partial charge is 0.309 e. The maximum atomic E-state index is 11.9. The van der Waals surface area contributed by atoms with Crippen molar-refractivity contribution in [2.45, 2.75) is 65.8 Å². The Morgan fingerprint density at radius 1 is 1.26 bits per heavy atom. The Morgan fingerprint density at radius 2 is 1.87 bits per heavy atom. The molecule has 1 aliphatic rings. The predicted octanol–water partition coefficient (Wildman–Crippen LogP) is 2.63. The lowest BCUT2D eigenvalue weighted by Gasteiger charge is -2.52. The maximum absolute atomic E-state index is 11.9. The molecule has 0 aromatic heterocycles. The van der Waals surface area contributed by atoms with E-state index in [1.165, 1.54) is 0 Å². The minimum Gasteiger partial charge on any atom is -0.466 e. The number of hydrogen-bond acceptors (Lipinski definition) is 4. The molecule has 5 heteroatoms. The van der Waals surface area contributed by atoms with Gasteiger partial charge < -0.3 is 4.74 Å². The highest BCUT2D eigenvalue weighted by Crippen LogP contribution is 2.29. The minimum atomic E-state index is -0.804. The lowest BCUT2D eigenvalue weighted by atomic mass is 9.88. The number of piperazine rings is 1. The molecule has 1 saturated heterocycles. The molecule has 0 N–H and O–H groups in total. The largest absolute Gasteiger partial charge is 0.466 e. The summed E-state index contributed by atoms with van der Waals surface area (Å²) in [5, 5.41) is 0. The molecule has 1 rings (SSSR count). The van der Waals surface area contributed by atoms with Gasteiger partial charge in [0.15, 0.2) is 0 Å². The van der Waals surface area contributed by atoms with Gasteiger partial charge >= 0.3 is 5.97 Å². The van der Waals surface area contributed by atoms with Crippen molar-refractivity contribution in [2.75, 3.05) is 32.8 Å². The highest BCUT2D eigenvalue weighted by molar-refractivity contribution is 6.57. The molecule has 1 heterocycles. The molecule has 136 valence electrons. The van der Waals surface area contributed by atoms with Crippen LogP contribution in [0.3, 0.4) is 0 Å². The van der Waals surface area contributed by atoms with Crippen molar-refractivity contribution in [2.24, 2.45) is 11.8 Å². The van der Waals surface area contributed by atoms with Crippen molar-refractivity contribution in [1.29, 1.82) is 0 Å². The number of carbonyl (C=O) groups is 1. The summed E-state index contributed by atoms with van der Waals surface area (Å²) in [4.78, 5) is 17.1. The first-order valence-corrected chi connectivity index (χ1v) is 12.2. The number of ether oxygens (including phenoxy) is 1. The van der Waals surface area contributed by atoms with Crippen LogP contribution in [0, 0.1) is 11.8 Å². The fourth-order valence-corrected chi connectivity index (χ4v) is 5.37. The second-order valence-corrected chi connectivity index (χ2v) is 11.5. The van der Waals surface area contributed by atoms with Gasteiger partial charge in [0, 0.05) is 37.4 Å². The van der Waals surface area contributed by atoms with Crippen molar-refractivity contribution in [3.63, 3.8) is 0 Å². The average Bonchev–Trinajstić information content (AvgIpc) is 2.46. The first kappa shape index (κ1) is 20.7. The van der Waals surface area contributed by atoms with Crippen LogP contribution >= 0.6 is 0 Å². The predicted molar refractivity (Wildman–Crippen MR) is 101 cm³/mol. The summed E-state index contributed by atoms with van der Waals surface area (Å²) >= 11 is 0. The Kier molecular flexibility index (Phi) is 7.75. The van der Waals surface area contributed by atoms with E-state index in [0.29, 0.717) is 18.2 Å². The number of rotatable bonds is 7. The standard InChI is InChI=1S/C18H38N2O2Si/c1-9-22-17(21)15(4)12-19-10-11-20(16(13-19)23(7)8)18(5,6)14(2)3/h14-16,23H,9-13H2,1-8H3. The molecular formula is C18H38N2O2Si. The van der Waals surface area contributed by atoms with Crippen molar-refractivity contribution in [3.05, 3.63) is 0 Å². The molecule has 0 spiro atoms. The molecule has 2 unspecified atom stereocenters. The van der Waals surface area contributed by atoms with Crippen LogP contribution in [0.1, 0.15) is 41.5 Å². The van der Waals surface area contributed by atoms with E-state index in [2.05, 4.69) is 50.6 Å². The van der Waals surface area contributed by atoms with E-state index in [-0.39, 0.29) is 17.4 Å². The number of esters is 1. The zero-order valence-corrected chi connectivity index (χ0v) is 17.7. The molecule has 0 aliphatic carbocycles. The second kappa shape index (κ2) is 8.63. The number of nitrogens with zero attached hydrogens (tertiary/aromatic N) is 2. The molecule has 4 nitrogen and oxygen atoms in total. The molecule has 23 heavy (non-hydrogen) atoms. The second-order valence-electron chi connectivity index (χ2n) is 8.23. The Bertz CT molecular complexity index is 385. The van der Waals surface area contributed by atoms with Gasteiger partial charge in [-0.2, -0.15) is 0 Å². The first-order chi connectivity index (χ1) is 10.6. The fourth-order valence-electron chi connectivity index (χ4n) is 3.40. The van der Waals surface area contributed by atoms with Crippen LogP contribution in [0.15, 0.2) is 0 Å². The van der Waals surface area contributed by atoms with Crippen LogP contribution in [0.4, 0.5) is 0 Å². The summed E-state index contributed by atoms with van der Waals surface area (Å²) in [5.41, 5.74) is 0.913. The van der Waals surface area contributed by atoms with Crippen molar-refractivity contribution in [1.82, 2.24) is 9.80 Å². The van der Waals surface area contributed by atoms with Gasteiger partial charge in [0.1, 0.15) is 0 Å². The van der Waals surface area contributed by atoms with E-state index in [9.17, 15) is 4.79 Å².